The van der Waals surface area contributed by atoms with E-state index in [1.165, 1.54) is 11.3 Å². The van der Waals surface area contributed by atoms with Gasteiger partial charge in [0, 0.05) is 66.6 Å². The Balaban J connectivity index is 1.10. The van der Waals surface area contributed by atoms with Gasteiger partial charge in [-0.15, -0.1) is 11.3 Å². The van der Waals surface area contributed by atoms with Crippen molar-refractivity contribution >= 4 is 68.4 Å². The topological polar surface area (TPSA) is 107 Å². The molecule has 0 spiro atoms. The molecule has 5 aromatic rings. The smallest absolute Gasteiger partial charge is 0.261 e. The third kappa shape index (κ3) is 6.72. The van der Waals surface area contributed by atoms with Crippen LogP contribution in [0, 0.1) is 0 Å². The zero-order valence-corrected chi connectivity index (χ0v) is 25.7. The first-order valence-electron chi connectivity index (χ1n) is 14.2. The van der Waals surface area contributed by atoms with Crippen LogP contribution in [0.25, 0.3) is 27.0 Å². The van der Waals surface area contributed by atoms with Gasteiger partial charge < -0.3 is 15.5 Å². The van der Waals surface area contributed by atoms with E-state index in [2.05, 4.69) is 42.7 Å². The van der Waals surface area contributed by atoms with Crippen LogP contribution >= 0.6 is 22.9 Å². The average molecular weight is 623 g/mol. The summed E-state index contributed by atoms with van der Waals surface area (Å²) in [5.74, 6) is 1.26. The van der Waals surface area contributed by atoms with Crippen LogP contribution in [0.1, 0.15) is 35.0 Å². The highest BCUT2D eigenvalue weighted by atomic mass is 35.5. The fourth-order valence-corrected chi connectivity index (χ4v) is 6.43. The maximum Gasteiger partial charge on any atom is 0.261 e. The summed E-state index contributed by atoms with van der Waals surface area (Å²) in [6.07, 6.45) is 8.67. The number of benzene rings is 2. The van der Waals surface area contributed by atoms with Gasteiger partial charge in [0.2, 0.25) is 0 Å². The minimum absolute atomic E-state index is 0.0408. The molecule has 0 unspecified atom stereocenters. The summed E-state index contributed by atoms with van der Waals surface area (Å²) in [7, 11) is 0. The number of nitrogens with zero attached hydrogens (tertiary/aromatic N) is 5. The molecule has 3 N–H and O–H groups in total. The summed E-state index contributed by atoms with van der Waals surface area (Å²) in [4.78, 5) is 29.4. The number of carbonyl (C=O) groups is 1. The summed E-state index contributed by atoms with van der Waals surface area (Å²) in [6, 6.07) is 20.0. The zero-order valence-electron chi connectivity index (χ0n) is 24.1. The number of nitrogens with one attached hydrogen (secondary N) is 3. The van der Waals surface area contributed by atoms with E-state index in [0.29, 0.717) is 21.5 Å². The highest BCUT2D eigenvalue weighted by Gasteiger charge is 2.23. The fraction of sp³-hybridized carbons (Fsp3) is 0.182. The Morgan fingerprint density at radius 3 is 2.68 bits per heavy atom. The van der Waals surface area contributed by atoms with Crippen LogP contribution in [0.3, 0.4) is 0 Å². The first kappa shape index (κ1) is 29.3. The molecule has 11 heteroatoms. The van der Waals surface area contributed by atoms with Crippen molar-refractivity contribution in [2.45, 2.75) is 25.8 Å². The molecule has 0 saturated carbocycles. The number of anilines is 3. The van der Waals surface area contributed by atoms with Gasteiger partial charge in [-0.25, -0.2) is 9.97 Å². The lowest BCUT2D eigenvalue weighted by Crippen LogP contribution is -2.44. The molecule has 3 aromatic heterocycles. The Kier molecular flexibility index (Phi) is 8.81. The van der Waals surface area contributed by atoms with Crippen molar-refractivity contribution in [1.82, 2.24) is 25.7 Å². The van der Waals surface area contributed by atoms with Crippen LogP contribution < -0.4 is 21.0 Å². The Hall–Kier alpha value is -4.80. The van der Waals surface area contributed by atoms with E-state index >= 15 is 0 Å². The second-order valence-electron chi connectivity index (χ2n) is 10.5. The van der Waals surface area contributed by atoms with Crippen LogP contribution in [0.15, 0.2) is 90.6 Å². The number of hydrogen-bond acceptors (Lipinski definition) is 9. The summed E-state index contributed by atoms with van der Waals surface area (Å²) in [5, 5.41) is 11.9. The molecular formula is C33H31ClN8OS. The number of thiophene rings is 1. The molecule has 4 heterocycles. The van der Waals surface area contributed by atoms with Crippen molar-refractivity contribution in [3.05, 3.63) is 101 Å². The van der Waals surface area contributed by atoms with Crippen LogP contribution in [0.5, 0.6) is 0 Å². The summed E-state index contributed by atoms with van der Waals surface area (Å²) < 4.78 is 1.01. The molecule has 6 rings (SSSR count). The molecule has 1 amide bonds. The van der Waals surface area contributed by atoms with E-state index in [1.54, 1.807) is 24.8 Å². The summed E-state index contributed by atoms with van der Waals surface area (Å²) in [6.45, 7) is 7.08. The third-order valence-electron chi connectivity index (χ3n) is 7.56. The minimum atomic E-state index is -0.0408. The normalized spacial score (nSPS) is 14.0. The van der Waals surface area contributed by atoms with Gasteiger partial charge in [0.15, 0.2) is 5.82 Å². The van der Waals surface area contributed by atoms with E-state index in [0.717, 1.165) is 64.1 Å². The third-order valence-corrected chi connectivity index (χ3v) is 8.95. The number of fused-ring (bicyclic) bond motifs is 1. The van der Waals surface area contributed by atoms with Crippen molar-refractivity contribution in [2.24, 2.45) is 5.10 Å². The number of aromatic nitrogens is 3. The number of hydrogen-bond donors (Lipinski definition) is 3. The predicted molar refractivity (Wildman–Crippen MR) is 181 cm³/mol. The van der Waals surface area contributed by atoms with Crippen molar-refractivity contribution < 1.29 is 4.79 Å². The number of piperidine rings is 1. The number of carbonyl (C=O) groups excluding carboxylic acids is 1. The molecule has 0 radical (unpaired) electrons. The molecule has 44 heavy (non-hydrogen) atoms. The molecule has 0 bridgehead atoms. The van der Waals surface area contributed by atoms with Crippen LogP contribution in [-0.2, 0) is 0 Å². The molecular weight excluding hydrogens is 592 g/mol. The first-order chi connectivity index (χ1) is 21.5. The van der Waals surface area contributed by atoms with Crippen LogP contribution in [0.4, 0.5) is 17.2 Å². The van der Waals surface area contributed by atoms with Gasteiger partial charge in [0.1, 0.15) is 5.82 Å². The quantitative estimate of drug-likeness (QED) is 0.119. The monoisotopic (exact) mass is 622 g/mol. The first-order valence-corrected chi connectivity index (χ1v) is 15.4. The average Bonchev–Trinajstić information content (AvgIpc) is 3.49. The number of allylic oxidation sites excluding steroid dienone is 1. The van der Waals surface area contributed by atoms with Gasteiger partial charge in [0.05, 0.1) is 15.6 Å². The Morgan fingerprint density at radius 1 is 1.09 bits per heavy atom. The molecule has 0 atom stereocenters. The van der Waals surface area contributed by atoms with Crippen molar-refractivity contribution in [3.8, 4) is 11.4 Å². The lowest BCUT2D eigenvalue weighted by atomic mass is 10.0. The predicted octanol–water partition coefficient (Wildman–Crippen LogP) is 7.12. The van der Waals surface area contributed by atoms with Gasteiger partial charge in [-0.05, 0) is 72.7 Å². The van der Waals surface area contributed by atoms with Gasteiger partial charge >= 0.3 is 0 Å². The minimum Gasteiger partial charge on any atom is -0.370 e. The lowest BCUT2D eigenvalue weighted by molar-refractivity contribution is 0.0935. The highest BCUT2D eigenvalue weighted by molar-refractivity contribution is 7.20. The summed E-state index contributed by atoms with van der Waals surface area (Å²) in [5.41, 5.74) is 7.67. The van der Waals surface area contributed by atoms with Crippen molar-refractivity contribution in [1.29, 1.82) is 0 Å². The van der Waals surface area contributed by atoms with Crippen molar-refractivity contribution in [2.75, 3.05) is 23.3 Å². The fourth-order valence-electron chi connectivity index (χ4n) is 5.19. The molecule has 0 aliphatic carbocycles. The number of halogens is 1. The molecule has 1 fully saturated rings. The molecule has 1 aliphatic rings. The van der Waals surface area contributed by atoms with Gasteiger partial charge in [0.25, 0.3) is 5.91 Å². The number of amides is 1. The van der Waals surface area contributed by atoms with Crippen molar-refractivity contribution in [3.63, 3.8) is 0 Å². The number of pyridine rings is 1. The zero-order chi connectivity index (χ0) is 30.5. The van der Waals surface area contributed by atoms with Gasteiger partial charge in [-0.3, -0.25) is 15.2 Å². The number of rotatable bonds is 9. The number of hydrazone groups is 1. The Labute approximate surface area is 264 Å². The molecule has 9 nitrogen and oxygen atoms in total. The molecule has 222 valence electrons. The SMILES string of the molecule is C=NN/C=C(\C)c1ccc(Nc2ccnc(-c3ccc4cc(C(=O)NC5CCN(c6ccncc6Cl)CC5)sc4c3)n2)cc1. The van der Waals surface area contributed by atoms with E-state index in [4.69, 9.17) is 16.6 Å². The Bertz CT molecular complexity index is 1830. The summed E-state index contributed by atoms with van der Waals surface area (Å²) >= 11 is 7.80. The van der Waals surface area contributed by atoms with E-state index in [9.17, 15) is 4.79 Å². The standard InChI is InChI=1S/C33H31ClN8OS/c1-21(19-38-35-2)22-5-7-25(8-6-22)39-31-10-14-37-32(41-31)24-4-3-23-17-30(44-29(23)18-24)33(43)40-26-11-15-42(16-12-26)28-9-13-36-20-27(28)34/h3-10,13-14,17-20,26,38H,2,11-12,15-16H2,1H3,(H,40,43)(H,37,39,41)/b21-19+. The van der Waals surface area contributed by atoms with E-state index in [1.807, 2.05) is 67.6 Å². The maximum atomic E-state index is 13.2. The Morgan fingerprint density at radius 2 is 1.91 bits per heavy atom. The molecule has 1 aliphatic heterocycles. The maximum absolute atomic E-state index is 13.2. The van der Waals surface area contributed by atoms with Crippen LogP contribution in [-0.4, -0.2) is 46.7 Å². The van der Waals surface area contributed by atoms with Gasteiger partial charge in [-0.1, -0.05) is 35.9 Å². The lowest BCUT2D eigenvalue weighted by Gasteiger charge is -2.34. The van der Waals surface area contributed by atoms with Gasteiger partial charge in [-0.2, -0.15) is 5.10 Å². The molecule has 1 saturated heterocycles. The van der Waals surface area contributed by atoms with E-state index in [-0.39, 0.29) is 11.9 Å². The second-order valence-corrected chi connectivity index (χ2v) is 12.0. The molecule has 2 aromatic carbocycles. The largest absolute Gasteiger partial charge is 0.370 e. The second kappa shape index (κ2) is 13.2. The van der Waals surface area contributed by atoms with E-state index < -0.39 is 0 Å². The van der Waals surface area contributed by atoms with Crippen LogP contribution in [0.2, 0.25) is 5.02 Å². The highest BCUT2D eigenvalue weighted by Crippen LogP contribution is 2.31.